The standard InChI is InChI=1S/C68H92N14O18S2/c1-67(2)57(75-43-101-67)61(87)77-49(63(89)90)39-45-11-15-47(16-12-45)81-59-51(9-5-21-73-59)79(65(81)93)41-55(85)71-25-31-99-37-35-97-29-19-53(83)69-23-7-27-95-33-34-96-28-8-24-70-54(84)20-30-98-36-38-100-32-26-72-56(86)42-80-52-10-6-22-74-60(52)82(66(80)94)48-17-13-46(14-18-48)40-50(64(91)92)78-62(88)58-68(3,4)102-44-76-58/h5-6,9-18,21-22,49-50,57-58,75-76H,7-8,19-20,23-44H2,1-4H3,(H,69,83)(H,70,84)(H,71,85)(H,72,86)(H,77,87)(H,78,88)(H,89,90)(H,91,92)/t49-,50-,57+,58+/m0/s1. The van der Waals surface area contributed by atoms with Gasteiger partial charge in [0, 0.05) is 98.7 Å². The van der Waals surface area contributed by atoms with Crippen molar-refractivity contribution in [3.8, 4) is 11.4 Å². The highest BCUT2D eigenvalue weighted by Gasteiger charge is 2.42. The molecular formula is C68H92N14O18S2. The van der Waals surface area contributed by atoms with Crippen molar-refractivity contribution < 1.29 is 77.0 Å². The number of rotatable bonds is 45. The van der Waals surface area contributed by atoms with Gasteiger partial charge in [-0.3, -0.25) is 48.5 Å². The van der Waals surface area contributed by atoms with Crippen molar-refractivity contribution in [3.05, 3.63) is 117 Å². The first-order valence-electron chi connectivity index (χ1n) is 33.8. The van der Waals surface area contributed by atoms with Crippen LogP contribution in [0.5, 0.6) is 0 Å². The van der Waals surface area contributed by atoms with E-state index in [1.807, 2.05) is 27.7 Å². The fourth-order valence-corrected chi connectivity index (χ4v) is 13.1. The van der Waals surface area contributed by atoms with Gasteiger partial charge < -0.3 is 70.5 Å². The Balaban J connectivity index is 0.574. The Morgan fingerprint density at radius 3 is 1.20 bits per heavy atom. The number of nitrogens with zero attached hydrogens (tertiary/aromatic N) is 6. The average Bonchev–Trinajstić information content (AvgIpc) is 1.62. The lowest BCUT2D eigenvalue weighted by Crippen LogP contribution is -2.54. The number of hydrogen-bond donors (Lipinski definition) is 10. The Labute approximate surface area is 597 Å². The third-order valence-electron chi connectivity index (χ3n) is 16.6. The van der Waals surface area contributed by atoms with Gasteiger partial charge in [-0.1, -0.05) is 24.3 Å². The highest BCUT2D eigenvalue weighted by molar-refractivity contribution is 8.01. The van der Waals surface area contributed by atoms with Gasteiger partial charge in [-0.15, -0.1) is 23.5 Å². The van der Waals surface area contributed by atoms with Crippen LogP contribution >= 0.6 is 23.5 Å². The second-order valence-electron chi connectivity index (χ2n) is 25.0. The number of carboxylic acids is 2. The van der Waals surface area contributed by atoms with Crippen molar-refractivity contribution in [1.29, 1.82) is 0 Å². The summed E-state index contributed by atoms with van der Waals surface area (Å²) in [5, 5.41) is 42.6. The van der Waals surface area contributed by atoms with Gasteiger partial charge in [0.1, 0.15) is 37.3 Å². The van der Waals surface area contributed by atoms with Crippen molar-refractivity contribution in [2.24, 2.45) is 0 Å². The third kappa shape index (κ3) is 23.5. The van der Waals surface area contributed by atoms with Crippen molar-refractivity contribution >= 4 is 93.2 Å². The molecule has 6 amide bonds. The number of amides is 6. The molecule has 102 heavy (non-hydrogen) atoms. The summed E-state index contributed by atoms with van der Waals surface area (Å²) in [4.78, 5) is 137. The number of imidazole rings is 2. The van der Waals surface area contributed by atoms with E-state index in [9.17, 15) is 58.2 Å². The number of hydrogen-bond acceptors (Lipinski definition) is 22. The van der Waals surface area contributed by atoms with Crippen LogP contribution in [0.15, 0.2) is 94.8 Å². The zero-order valence-corrected chi connectivity index (χ0v) is 59.3. The minimum atomic E-state index is -1.17. The summed E-state index contributed by atoms with van der Waals surface area (Å²) in [6.07, 6.45) is 4.67. The summed E-state index contributed by atoms with van der Waals surface area (Å²) in [5.41, 5.74) is 2.70. The second-order valence-corrected chi connectivity index (χ2v) is 28.2. The zero-order valence-electron chi connectivity index (χ0n) is 57.7. The van der Waals surface area contributed by atoms with Gasteiger partial charge in [0.25, 0.3) is 0 Å². The maximum absolute atomic E-state index is 13.8. The number of aliphatic carboxylic acids is 2. The summed E-state index contributed by atoms with van der Waals surface area (Å²) in [6.45, 7) is 11.7. The molecule has 8 rings (SSSR count). The van der Waals surface area contributed by atoms with E-state index in [-0.39, 0.29) is 128 Å². The van der Waals surface area contributed by atoms with Gasteiger partial charge in [-0.2, -0.15) is 0 Å². The number of carbonyl (C=O) groups excluding carboxylic acids is 6. The van der Waals surface area contributed by atoms with Crippen LogP contribution in [0.2, 0.25) is 0 Å². The normalized spacial score (nSPS) is 16.0. The van der Waals surface area contributed by atoms with Crippen LogP contribution in [-0.2, 0) is 92.7 Å². The summed E-state index contributed by atoms with van der Waals surface area (Å²) in [7, 11) is 0. The molecular weight excluding hydrogens is 1360 g/mol. The molecule has 0 bridgehead atoms. The third-order valence-corrected chi connectivity index (χ3v) is 19.2. The Hall–Kier alpha value is -8.58. The quantitative estimate of drug-likeness (QED) is 0.0234. The molecule has 10 N–H and O–H groups in total. The van der Waals surface area contributed by atoms with Crippen molar-refractivity contribution in [2.75, 3.05) is 117 Å². The van der Waals surface area contributed by atoms with Crippen LogP contribution in [0.1, 0.15) is 64.5 Å². The number of fused-ring (bicyclic) bond motifs is 2. The van der Waals surface area contributed by atoms with E-state index in [0.717, 1.165) is 0 Å². The Bertz CT molecular complexity index is 3670. The SMILES string of the molecule is CC1(C)SCN[C@@H]1C(=O)N[C@@H](Cc1ccc(-n2c(=O)n(CC(=O)NCCOCCOCCC(=O)NCCCOCCOCCCNC(=O)CCOCCOCCNC(=O)Cn3c(=O)n(-c4ccc(C[C@H](NC(=O)[C@H]5NCSC5(C)C)C(=O)O)cc4)c4ncccc43)c3cccnc32)cc1)C(=O)O. The van der Waals surface area contributed by atoms with E-state index in [1.54, 1.807) is 96.3 Å². The molecule has 2 aliphatic rings. The largest absolute Gasteiger partial charge is 0.480 e. The fraction of sp³-hybridized carbons (Fsp3) is 0.529. The summed E-state index contributed by atoms with van der Waals surface area (Å²) >= 11 is 3.17. The molecule has 0 radical (unpaired) electrons. The Morgan fingerprint density at radius 2 is 0.843 bits per heavy atom. The van der Waals surface area contributed by atoms with E-state index in [2.05, 4.69) is 52.5 Å². The second kappa shape index (κ2) is 39.7. The maximum Gasteiger partial charge on any atom is 0.335 e. The molecule has 2 aromatic carbocycles. The molecule has 6 heterocycles. The highest BCUT2D eigenvalue weighted by atomic mass is 32.2. The lowest BCUT2D eigenvalue weighted by atomic mass is 10.0. The molecule has 4 aromatic heterocycles. The molecule has 32 nitrogen and oxygen atoms in total. The summed E-state index contributed by atoms with van der Waals surface area (Å²) in [6, 6.07) is 16.7. The van der Waals surface area contributed by atoms with E-state index in [1.165, 1.54) is 30.7 Å². The Kier molecular flexibility index (Phi) is 30.8. The average molecular weight is 1460 g/mol. The highest BCUT2D eigenvalue weighted by Crippen LogP contribution is 2.34. The zero-order chi connectivity index (χ0) is 73.0. The van der Waals surface area contributed by atoms with E-state index >= 15 is 0 Å². The molecule has 0 spiro atoms. The molecule has 0 aliphatic carbocycles. The first kappa shape index (κ1) is 79.1. The molecule has 2 saturated heterocycles. The van der Waals surface area contributed by atoms with Crippen LogP contribution in [0.25, 0.3) is 33.7 Å². The van der Waals surface area contributed by atoms with Crippen LogP contribution in [-0.4, -0.2) is 237 Å². The van der Waals surface area contributed by atoms with Gasteiger partial charge in [0.2, 0.25) is 35.4 Å². The van der Waals surface area contributed by atoms with Gasteiger partial charge in [0.05, 0.1) is 88.5 Å². The van der Waals surface area contributed by atoms with Crippen LogP contribution in [0.3, 0.4) is 0 Å². The van der Waals surface area contributed by atoms with Crippen LogP contribution < -0.4 is 53.9 Å². The minimum Gasteiger partial charge on any atom is -0.480 e. The van der Waals surface area contributed by atoms with Gasteiger partial charge in [-0.05, 0) is 100 Å². The predicted octanol–water partition coefficient (Wildman–Crippen LogP) is 0.619. The van der Waals surface area contributed by atoms with Gasteiger partial charge >= 0.3 is 23.3 Å². The topological polar surface area (TPSA) is 408 Å². The lowest BCUT2D eigenvalue weighted by molar-refractivity contribution is -0.142. The Morgan fingerprint density at radius 1 is 0.490 bits per heavy atom. The number of carbonyl (C=O) groups is 8. The summed E-state index contributed by atoms with van der Waals surface area (Å²) in [5.74, 6) is -3.12. The predicted molar refractivity (Wildman–Crippen MR) is 380 cm³/mol. The first-order valence-corrected chi connectivity index (χ1v) is 35.7. The molecule has 34 heteroatoms. The molecule has 0 saturated carbocycles. The number of pyridine rings is 2. The molecule has 4 atom stereocenters. The van der Waals surface area contributed by atoms with Crippen LogP contribution in [0.4, 0.5) is 0 Å². The molecule has 6 aromatic rings. The van der Waals surface area contributed by atoms with Crippen LogP contribution in [0, 0.1) is 0 Å². The van der Waals surface area contributed by atoms with E-state index in [4.69, 9.17) is 28.4 Å². The minimum absolute atomic E-state index is 0.0183. The molecule has 2 fully saturated rings. The van der Waals surface area contributed by atoms with Crippen molar-refractivity contribution in [1.82, 2.24) is 70.8 Å². The molecule has 2 aliphatic heterocycles. The number of carboxylic acid groups (broad SMARTS) is 2. The summed E-state index contributed by atoms with van der Waals surface area (Å²) < 4.78 is 38.0. The fourth-order valence-electron chi connectivity index (χ4n) is 11.2. The monoisotopic (exact) mass is 1460 g/mol. The van der Waals surface area contributed by atoms with E-state index < -0.39 is 68.8 Å². The van der Waals surface area contributed by atoms with Crippen molar-refractivity contribution in [3.63, 3.8) is 0 Å². The van der Waals surface area contributed by atoms with Gasteiger partial charge in [0.15, 0.2) is 11.3 Å². The smallest absolute Gasteiger partial charge is 0.335 e. The number of aromatic nitrogens is 6. The van der Waals surface area contributed by atoms with Gasteiger partial charge in [-0.25, -0.2) is 38.3 Å². The molecule has 554 valence electrons. The first-order chi connectivity index (χ1) is 49.1. The molecule has 0 unspecified atom stereocenters. The number of ether oxygens (including phenoxy) is 6. The number of nitrogens with one attached hydrogen (secondary N) is 8. The lowest BCUT2D eigenvalue weighted by Gasteiger charge is -2.26. The van der Waals surface area contributed by atoms with Crippen molar-refractivity contribution in [2.45, 2.75) is 113 Å². The maximum atomic E-state index is 13.8. The van der Waals surface area contributed by atoms with E-state index in [0.29, 0.717) is 109 Å². The number of benzene rings is 2. The number of thioether (sulfide) groups is 2.